The molecule has 0 aliphatic carbocycles. The lowest BCUT2D eigenvalue weighted by atomic mass is 9.90. The monoisotopic (exact) mass is 372 g/mol. The van der Waals surface area contributed by atoms with Gasteiger partial charge in [0.25, 0.3) is 5.91 Å². The van der Waals surface area contributed by atoms with E-state index in [2.05, 4.69) is 13.8 Å². The first-order chi connectivity index (χ1) is 12.8. The number of piperidine rings is 1. The summed E-state index contributed by atoms with van der Waals surface area (Å²) in [6.45, 7) is 7.37. The largest absolute Gasteiger partial charge is 0.441 e. The van der Waals surface area contributed by atoms with Crippen molar-refractivity contribution in [2.24, 2.45) is 0 Å². The van der Waals surface area contributed by atoms with Gasteiger partial charge in [-0.15, -0.1) is 0 Å². The van der Waals surface area contributed by atoms with Crippen LogP contribution in [0.25, 0.3) is 0 Å². The molecule has 2 fully saturated rings. The Morgan fingerprint density at radius 1 is 1.22 bits per heavy atom. The molecule has 27 heavy (non-hydrogen) atoms. The van der Waals surface area contributed by atoms with E-state index < -0.39 is 5.60 Å². The number of hydrogen-bond acceptors (Lipinski definition) is 4. The first-order valence-electron chi connectivity index (χ1n) is 9.75. The molecule has 1 atom stereocenters. The molecule has 6 heteroatoms. The number of carbonyl (C=O) groups excluding carboxylic acids is 3. The van der Waals surface area contributed by atoms with Gasteiger partial charge in [-0.05, 0) is 32.4 Å². The third-order valence-electron chi connectivity index (χ3n) is 5.71. The van der Waals surface area contributed by atoms with Gasteiger partial charge in [-0.1, -0.05) is 25.5 Å². The molecule has 0 bridgehead atoms. The molecule has 0 saturated carbocycles. The van der Waals surface area contributed by atoms with Crippen LogP contribution in [0.1, 0.15) is 67.2 Å². The zero-order valence-corrected chi connectivity index (χ0v) is 16.4. The Bertz CT molecular complexity index is 737. The second-order valence-corrected chi connectivity index (χ2v) is 7.75. The molecule has 1 aromatic rings. The van der Waals surface area contributed by atoms with Crippen LogP contribution in [0.2, 0.25) is 0 Å². The number of carbonyl (C=O) groups is 3. The Labute approximate surface area is 160 Å². The molecule has 2 amide bonds. The number of nitrogens with zero attached hydrogens (tertiary/aromatic N) is 2. The van der Waals surface area contributed by atoms with E-state index >= 15 is 0 Å². The van der Waals surface area contributed by atoms with Gasteiger partial charge in [0.2, 0.25) is 0 Å². The Hall–Kier alpha value is -2.37. The van der Waals surface area contributed by atoms with E-state index in [9.17, 15) is 14.4 Å². The van der Waals surface area contributed by atoms with Gasteiger partial charge in [0.05, 0.1) is 6.54 Å². The summed E-state index contributed by atoms with van der Waals surface area (Å²) in [4.78, 5) is 40.3. The van der Waals surface area contributed by atoms with E-state index in [4.69, 9.17) is 4.74 Å². The third-order valence-corrected chi connectivity index (χ3v) is 5.71. The number of benzene rings is 1. The van der Waals surface area contributed by atoms with E-state index in [1.165, 1.54) is 6.92 Å². The van der Waals surface area contributed by atoms with Crippen molar-refractivity contribution in [3.8, 4) is 0 Å². The molecule has 1 spiro atoms. The first-order valence-corrected chi connectivity index (χ1v) is 9.75. The van der Waals surface area contributed by atoms with E-state index in [1.54, 1.807) is 29.2 Å². The molecule has 2 saturated heterocycles. The summed E-state index contributed by atoms with van der Waals surface area (Å²) in [6, 6.07) is 7.02. The molecule has 2 aliphatic heterocycles. The fourth-order valence-electron chi connectivity index (χ4n) is 3.99. The van der Waals surface area contributed by atoms with Gasteiger partial charge in [0.1, 0.15) is 5.60 Å². The number of ketones is 1. The summed E-state index contributed by atoms with van der Waals surface area (Å²) in [5, 5.41) is 0. The topological polar surface area (TPSA) is 66.9 Å². The van der Waals surface area contributed by atoms with E-state index in [1.807, 2.05) is 4.90 Å². The van der Waals surface area contributed by atoms with Gasteiger partial charge in [0.15, 0.2) is 5.78 Å². The standard InChI is InChI=1S/C21H28N2O4/c1-4-6-15(2)23-14-21(27-20(23)26)9-11-22(12-10-21)19(25)18-8-5-7-17(13-18)16(3)24/h5,7-8,13,15H,4,6,9-12,14H2,1-3H3/t15-/m0/s1. The molecule has 2 aliphatic rings. The Morgan fingerprint density at radius 2 is 1.89 bits per heavy atom. The normalized spacial score (nSPS) is 19.9. The molecule has 146 valence electrons. The van der Waals surface area contributed by atoms with Crippen molar-refractivity contribution < 1.29 is 19.1 Å². The molecule has 1 aromatic carbocycles. The lowest BCUT2D eigenvalue weighted by molar-refractivity contribution is 0.00306. The number of rotatable bonds is 5. The highest BCUT2D eigenvalue weighted by molar-refractivity contribution is 5.99. The van der Waals surface area contributed by atoms with Crippen LogP contribution < -0.4 is 0 Å². The van der Waals surface area contributed by atoms with E-state index in [-0.39, 0.29) is 23.8 Å². The average molecular weight is 372 g/mol. The van der Waals surface area contributed by atoms with Crippen LogP contribution in [0.3, 0.4) is 0 Å². The summed E-state index contributed by atoms with van der Waals surface area (Å²) >= 11 is 0. The number of hydrogen-bond donors (Lipinski definition) is 0. The van der Waals surface area contributed by atoms with Crippen LogP contribution in [-0.2, 0) is 4.74 Å². The lowest BCUT2D eigenvalue weighted by Gasteiger charge is -2.37. The molecule has 2 heterocycles. The second kappa shape index (κ2) is 7.71. The van der Waals surface area contributed by atoms with Crippen molar-refractivity contribution in [3.05, 3.63) is 35.4 Å². The Kier molecular flexibility index (Phi) is 5.53. The predicted octanol–water partition coefficient (Wildman–Crippen LogP) is 3.50. The molecule has 0 radical (unpaired) electrons. The minimum Gasteiger partial charge on any atom is -0.441 e. The quantitative estimate of drug-likeness (QED) is 0.742. The van der Waals surface area contributed by atoms with Crippen LogP contribution in [0.15, 0.2) is 24.3 Å². The van der Waals surface area contributed by atoms with Gasteiger partial charge in [-0.3, -0.25) is 9.59 Å². The minimum absolute atomic E-state index is 0.0543. The average Bonchev–Trinajstić information content (AvgIpc) is 2.98. The molecule has 0 unspecified atom stereocenters. The SMILES string of the molecule is CCC[C@H](C)N1CC2(CCN(C(=O)c3cccc(C(C)=O)c3)CC2)OC1=O. The summed E-state index contributed by atoms with van der Waals surface area (Å²) in [5.74, 6) is -0.130. The summed E-state index contributed by atoms with van der Waals surface area (Å²) in [6.07, 6.45) is 3.05. The molecule has 6 nitrogen and oxygen atoms in total. The number of amides is 2. The zero-order chi connectivity index (χ0) is 19.6. The highest BCUT2D eigenvalue weighted by Gasteiger charge is 2.48. The molecule has 0 aromatic heterocycles. The number of Topliss-reactive ketones (excluding diaryl/α,β-unsaturated/α-hetero) is 1. The van der Waals surface area contributed by atoms with Crippen LogP contribution in [-0.4, -0.2) is 58.9 Å². The molecular weight excluding hydrogens is 344 g/mol. The van der Waals surface area contributed by atoms with Gasteiger partial charge in [-0.2, -0.15) is 0 Å². The fourth-order valence-corrected chi connectivity index (χ4v) is 3.99. The smallest absolute Gasteiger partial charge is 0.410 e. The van der Waals surface area contributed by atoms with Gasteiger partial charge >= 0.3 is 6.09 Å². The first kappa shape index (κ1) is 19.4. The van der Waals surface area contributed by atoms with Crippen molar-refractivity contribution in [1.82, 2.24) is 9.80 Å². The van der Waals surface area contributed by atoms with Crippen LogP contribution in [0, 0.1) is 0 Å². The molecular formula is C21H28N2O4. The van der Waals surface area contributed by atoms with E-state index in [0.29, 0.717) is 43.6 Å². The summed E-state index contributed by atoms with van der Waals surface area (Å²) in [5.41, 5.74) is 0.594. The highest BCUT2D eigenvalue weighted by Crippen LogP contribution is 2.35. The second-order valence-electron chi connectivity index (χ2n) is 7.75. The number of likely N-dealkylation sites (tertiary alicyclic amines) is 1. The van der Waals surface area contributed by atoms with Gasteiger partial charge in [-0.25, -0.2) is 4.79 Å². The van der Waals surface area contributed by atoms with Crippen molar-refractivity contribution in [3.63, 3.8) is 0 Å². The zero-order valence-electron chi connectivity index (χ0n) is 16.4. The third kappa shape index (κ3) is 3.99. The fraction of sp³-hybridized carbons (Fsp3) is 0.571. The predicted molar refractivity (Wildman–Crippen MR) is 102 cm³/mol. The lowest BCUT2D eigenvalue weighted by Crippen LogP contribution is -2.49. The molecule has 3 rings (SSSR count). The van der Waals surface area contributed by atoms with Crippen LogP contribution in [0.5, 0.6) is 0 Å². The highest BCUT2D eigenvalue weighted by atomic mass is 16.6. The number of ether oxygens (including phenoxy) is 1. The van der Waals surface area contributed by atoms with Crippen molar-refractivity contribution in [2.45, 2.75) is 58.1 Å². The van der Waals surface area contributed by atoms with Crippen molar-refractivity contribution >= 4 is 17.8 Å². The minimum atomic E-state index is -0.475. The van der Waals surface area contributed by atoms with Crippen LogP contribution in [0.4, 0.5) is 4.79 Å². The van der Waals surface area contributed by atoms with Crippen molar-refractivity contribution in [2.75, 3.05) is 19.6 Å². The maximum atomic E-state index is 12.8. The Balaban J connectivity index is 1.64. The maximum Gasteiger partial charge on any atom is 0.410 e. The van der Waals surface area contributed by atoms with Crippen LogP contribution >= 0.6 is 0 Å². The maximum absolute atomic E-state index is 12.8. The summed E-state index contributed by atoms with van der Waals surface area (Å²) in [7, 11) is 0. The van der Waals surface area contributed by atoms with Gasteiger partial charge in [0, 0.05) is 43.1 Å². The van der Waals surface area contributed by atoms with E-state index in [0.717, 1.165) is 12.8 Å². The molecule has 0 N–H and O–H groups in total. The van der Waals surface area contributed by atoms with Crippen molar-refractivity contribution in [1.29, 1.82) is 0 Å². The summed E-state index contributed by atoms with van der Waals surface area (Å²) < 4.78 is 5.76. The Morgan fingerprint density at radius 3 is 2.52 bits per heavy atom. The van der Waals surface area contributed by atoms with Gasteiger partial charge < -0.3 is 14.5 Å².